The number of carbonyl (C=O) groups excluding carboxylic acids is 1. The van der Waals surface area contributed by atoms with E-state index in [0.717, 1.165) is 44.7 Å². The minimum absolute atomic E-state index is 0.116. The third kappa shape index (κ3) is 6.01. The van der Waals surface area contributed by atoms with Gasteiger partial charge >= 0.3 is 6.03 Å². The summed E-state index contributed by atoms with van der Waals surface area (Å²) in [6.07, 6.45) is 4.40. The molecule has 2 aromatic carbocycles. The number of rotatable bonds is 6. The maximum atomic E-state index is 12.1. The van der Waals surface area contributed by atoms with Crippen LogP contribution in [0.5, 0.6) is 0 Å². The summed E-state index contributed by atoms with van der Waals surface area (Å²) in [6.45, 7) is 5.98. The monoisotopic (exact) mass is 383 g/mol. The van der Waals surface area contributed by atoms with Gasteiger partial charge in [0.1, 0.15) is 0 Å². The summed E-state index contributed by atoms with van der Waals surface area (Å²) in [5.41, 5.74) is 3.44. The fourth-order valence-electron chi connectivity index (χ4n) is 3.47. The molecule has 0 spiro atoms. The zero-order valence-electron chi connectivity index (χ0n) is 16.2. The van der Waals surface area contributed by atoms with Gasteiger partial charge in [-0.1, -0.05) is 35.9 Å². The van der Waals surface area contributed by atoms with Crippen LogP contribution in [-0.4, -0.2) is 36.8 Å². The lowest BCUT2D eigenvalue weighted by molar-refractivity contribution is 0.175. The molecule has 0 radical (unpaired) electrons. The van der Waals surface area contributed by atoms with Gasteiger partial charge in [-0.3, -0.25) is 4.90 Å². The van der Waals surface area contributed by atoms with Crippen molar-refractivity contribution < 1.29 is 4.79 Å². The van der Waals surface area contributed by atoms with E-state index in [2.05, 4.69) is 46.1 Å². The fourth-order valence-corrected chi connectivity index (χ4v) is 4.08. The smallest absolute Gasteiger partial charge is 0.319 e. The molecule has 2 aromatic rings. The molecule has 1 aliphatic heterocycles. The lowest BCUT2D eigenvalue weighted by atomic mass is 9.96. The number of nitrogens with zero attached hydrogens (tertiary/aromatic N) is 1. The Bertz CT molecular complexity index is 739. The first-order valence-corrected chi connectivity index (χ1v) is 10.8. The third-order valence-electron chi connectivity index (χ3n) is 5.15. The summed E-state index contributed by atoms with van der Waals surface area (Å²) in [4.78, 5) is 16.0. The number of nitrogens with one attached hydrogen (secondary N) is 2. The van der Waals surface area contributed by atoms with Crippen LogP contribution in [-0.2, 0) is 6.54 Å². The number of amides is 2. The van der Waals surface area contributed by atoms with Crippen molar-refractivity contribution in [3.05, 3.63) is 59.7 Å². The molecule has 0 aliphatic carbocycles. The highest BCUT2D eigenvalue weighted by Gasteiger charge is 2.20. The van der Waals surface area contributed by atoms with Crippen LogP contribution < -0.4 is 10.6 Å². The van der Waals surface area contributed by atoms with E-state index < -0.39 is 0 Å². The Kier molecular flexibility index (Phi) is 7.18. The molecular formula is C22H29N3OS. The average Bonchev–Trinajstić information content (AvgIpc) is 2.70. The van der Waals surface area contributed by atoms with Gasteiger partial charge in [-0.05, 0) is 68.8 Å². The Balaban J connectivity index is 1.39. The zero-order chi connectivity index (χ0) is 19.1. The van der Waals surface area contributed by atoms with E-state index in [1.807, 2.05) is 43.0 Å². The molecule has 0 bridgehead atoms. The third-order valence-corrected chi connectivity index (χ3v) is 5.99. The standard InChI is InChI=1S/C22H29N3OS/c1-17-7-9-20(10-8-17)24-22(26)23-15-18-11-13-25(14-12-18)16-19-5-3-4-6-21(19)27-2/h3-10,18H,11-16H2,1-2H3,(H2,23,24,26). The summed E-state index contributed by atoms with van der Waals surface area (Å²) in [5.74, 6) is 0.556. The van der Waals surface area contributed by atoms with Crippen LogP contribution in [0.1, 0.15) is 24.0 Å². The van der Waals surface area contributed by atoms with Gasteiger partial charge in [0.2, 0.25) is 0 Å². The highest BCUT2D eigenvalue weighted by atomic mass is 32.2. The summed E-state index contributed by atoms with van der Waals surface area (Å²) >= 11 is 1.82. The van der Waals surface area contributed by atoms with E-state index in [9.17, 15) is 4.79 Å². The summed E-state index contributed by atoms with van der Waals surface area (Å²) in [5, 5.41) is 5.93. The molecule has 0 aromatic heterocycles. The van der Waals surface area contributed by atoms with Crippen molar-refractivity contribution in [3.8, 4) is 0 Å². The quantitative estimate of drug-likeness (QED) is 0.708. The topological polar surface area (TPSA) is 44.4 Å². The van der Waals surface area contributed by atoms with Crippen molar-refractivity contribution in [1.29, 1.82) is 0 Å². The second-order valence-electron chi connectivity index (χ2n) is 7.23. The van der Waals surface area contributed by atoms with Crippen molar-refractivity contribution in [2.24, 2.45) is 5.92 Å². The number of anilines is 1. The van der Waals surface area contributed by atoms with E-state index in [1.54, 1.807) is 0 Å². The normalized spacial score (nSPS) is 15.5. The van der Waals surface area contributed by atoms with Gasteiger partial charge < -0.3 is 10.6 Å². The average molecular weight is 384 g/mol. The number of piperidine rings is 1. The van der Waals surface area contributed by atoms with Crippen molar-refractivity contribution in [1.82, 2.24) is 10.2 Å². The first kappa shape index (κ1) is 19.8. The molecule has 144 valence electrons. The van der Waals surface area contributed by atoms with Crippen LogP contribution in [0.25, 0.3) is 0 Å². The van der Waals surface area contributed by atoms with Crippen molar-refractivity contribution >= 4 is 23.5 Å². The Hall–Kier alpha value is -1.98. The summed E-state index contributed by atoms with van der Waals surface area (Å²) in [7, 11) is 0. The molecule has 1 saturated heterocycles. The van der Waals surface area contributed by atoms with E-state index in [0.29, 0.717) is 5.92 Å². The lowest BCUT2D eigenvalue weighted by Gasteiger charge is -2.32. The molecule has 4 nitrogen and oxygen atoms in total. The van der Waals surface area contributed by atoms with Gasteiger partial charge in [-0.25, -0.2) is 4.79 Å². The molecule has 0 unspecified atom stereocenters. The van der Waals surface area contributed by atoms with Crippen LogP contribution in [0.2, 0.25) is 0 Å². The Labute approximate surface area is 166 Å². The number of benzene rings is 2. The highest BCUT2D eigenvalue weighted by Crippen LogP contribution is 2.24. The molecule has 3 rings (SSSR count). The Morgan fingerprint density at radius 2 is 1.81 bits per heavy atom. The number of hydrogen-bond donors (Lipinski definition) is 2. The van der Waals surface area contributed by atoms with Gasteiger partial charge in [0.25, 0.3) is 0 Å². The van der Waals surface area contributed by atoms with Gasteiger partial charge in [0.15, 0.2) is 0 Å². The highest BCUT2D eigenvalue weighted by molar-refractivity contribution is 7.98. The van der Waals surface area contributed by atoms with E-state index >= 15 is 0 Å². The zero-order valence-corrected chi connectivity index (χ0v) is 17.0. The van der Waals surface area contributed by atoms with Gasteiger partial charge in [-0.2, -0.15) is 0 Å². The van der Waals surface area contributed by atoms with Gasteiger partial charge in [0.05, 0.1) is 0 Å². The number of likely N-dealkylation sites (tertiary alicyclic amines) is 1. The van der Waals surface area contributed by atoms with Gasteiger partial charge in [0, 0.05) is 23.7 Å². The first-order valence-electron chi connectivity index (χ1n) is 9.60. The minimum Gasteiger partial charge on any atom is -0.338 e. The molecule has 0 atom stereocenters. The lowest BCUT2D eigenvalue weighted by Crippen LogP contribution is -2.39. The SMILES string of the molecule is CSc1ccccc1CN1CCC(CNC(=O)Nc2ccc(C)cc2)CC1. The fraction of sp³-hybridized carbons (Fsp3) is 0.409. The first-order chi connectivity index (χ1) is 13.1. The maximum Gasteiger partial charge on any atom is 0.319 e. The minimum atomic E-state index is -0.116. The van der Waals surface area contributed by atoms with Crippen molar-refractivity contribution in [2.75, 3.05) is 31.2 Å². The summed E-state index contributed by atoms with van der Waals surface area (Å²) in [6, 6.07) is 16.4. The van der Waals surface area contributed by atoms with Crippen molar-refractivity contribution in [2.45, 2.75) is 31.2 Å². The number of carbonyl (C=O) groups is 1. The van der Waals surface area contributed by atoms with Gasteiger partial charge in [-0.15, -0.1) is 11.8 Å². The Morgan fingerprint density at radius 3 is 2.52 bits per heavy atom. The molecule has 27 heavy (non-hydrogen) atoms. The largest absolute Gasteiger partial charge is 0.338 e. The number of hydrogen-bond acceptors (Lipinski definition) is 3. The second-order valence-corrected chi connectivity index (χ2v) is 8.08. The Morgan fingerprint density at radius 1 is 1.11 bits per heavy atom. The van der Waals surface area contributed by atoms with E-state index in [4.69, 9.17) is 0 Å². The number of urea groups is 1. The van der Waals surface area contributed by atoms with Crippen LogP contribution in [0.3, 0.4) is 0 Å². The van der Waals surface area contributed by atoms with Crippen LogP contribution in [0.15, 0.2) is 53.4 Å². The molecule has 0 saturated carbocycles. The number of thioether (sulfide) groups is 1. The van der Waals surface area contributed by atoms with Crippen LogP contribution >= 0.6 is 11.8 Å². The van der Waals surface area contributed by atoms with Crippen molar-refractivity contribution in [3.63, 3.8) is 0 Å². The van der Waals surface area contributed by atoms with Crippen LogP contribution in [0, 0.1) is 12.8 Å². The predicted molar refractivity (Wildman–Crippen MR) is 114 cm³/mol. The molecule has 1 fully saturated rings. The number of aryl methyl sites for hydroxylation is 1. The van der Waals surface area contributed by atoms with Crippen LogP contribution in [0.4, 0.5) is 10.5 Å². The molecule has 1 aliphatic rings. The predicted octanol–water partition coefficient (Wildman–Crippen LogP) is 4.75. The molecular weight excluding hydrogens is 354 g/mol. The van der Waals surface area contributed by atoms with E-state index in [1.165, 1.54) is 16.0 Å². The second kappa shape index (κ2) is 9.81. The van der Waals surface area contributed by atoms with E-state index in [-0.39, 0.29) is 6.03 Å². The maximum absolute atomic E-state index is 12.1. The molecule has 5 heteroatoms. The molecule has 2 amide bonds. The summed E-state index contributed by atoms with van der Waals surface area (Å²) < 4.78 is 0. The molecule has 2 N–H and O–H groups in total. The molecule has 1 heterocycles.